The van der Waals surface area contributed by atoms with Gasteiger partial charge in [0, 0.05) is 42.9 Å². The standard InChI is InChI=1S/C21H21BrN4O3/c1-24(2)15-6-3-13(4-7-15)20(28)25-9-10-26-18(12-25)19(27)23-17-8-5-14(22)11-16(17)21(26)29/h3-8,11,18H,9-10,12H2,1-2H3,(H,23,27)/t18-/m1/s1. The van der Waals surface area contributed by atoms with Gasteiger partial charge in [-0.05, 0) is 42.5 Å². The summed E-state index contributed by atoms with van der Waals surface area (Å²) in [5.74, 6) is -0.619. The number of anilines is 2. The number of nitrogens with one attached hydrogen (secondary N) is 1. The van der Waals surface area contributed by atoms with Crippen molar-refractivity contribution in [3.63, 3.8) is 0 Å². The monoisotopic (exact) mass is 456 g/mol. The van der Waals surface area contributed by atoms with E-state index in [0.717, 1.165) is 10.2 Å². The number of halogens is 1. The maximum atomic E-state index is 13.0. The van der Waals surface area contributed by atoms with Gasteiger partial charge in [-0.1, -0.05) is 15.9 Å². The highest BCUT2D eigenvalue weighted by Crippen LogP contribution is 2.28. The minimum atomic E-state index is -0.715. The Balaban J connectivity index is 1.56. The molecule has 29 heavy (non-hydrogen) atoms. The molecule has 0 saturated carbocycles. The molecule has 1 N–H and O–H groups in total. The first kappa shape index (κ1) is 19.4. The molecular weight excluding hydrogens is 436 g/mol. The predicted molar refractivity (Wildman–Crippen MR) is 114 cm³/mol. The molecule has 0 aliphatic carbocycles. The number of fused-ring (bicyclic) bond motifs is 2. The molecule has 150 valence electrons. The van der Waals surface area contributed by atoms with Crippen LogP contribution in [0, 0.1) is 0 Å². The first-order valence-electron chi connectivity index (χ1n) is 9.33. The lowest BCUT2D eigenvalue weighted by atomic mass is 10.1. The zero-order valence-electron chi connectivity index (χ0n) is 16.2. The lowest BCUT2D eigenvalue weighted by Gasteiger charge is -2.39. The van der Waals surface area contributed by atoms with E-state index < -0.39 is 6.04 Å². The number of benzene rings is 2. The molecule has 4 rings (SSSR count). The Morgan fingerprint density at radius 1 is 1.10 bits per heavy atom. The molecule has 3 amide bonds. The number of amides is 3. The molecule has 2 aliphatic rings. The van der Waals surface area contributed by atoms with Gasteiger partial charge in [0.05, 0.1) is 17.8 Å². The molecule has 2 aromatic rings. The maximum Gasteiger partial charge on any atom is 0.256 e. The van der Waals surface area contributed by atoms with Crippen molar-refractivity contribution in [1.82, 2.24) is 9.80 Å². The predicted octanol–water partition coefficient (Wildman–Crippen LogP) is 2.43. The summed E-state index contributed by atoms with van der Waals surface area (Å²) >= 11 is 3.38. The van der Waals surface area contributed by atoms with Crippen LogP contribution < -0.4 is 10.2 Å². The summed E-state index contributed by atoms with van der Waals surface area (Å²) in [5, 5.41) is 2.83. The van der Waals surface area contributed by atoms with Crippen LogP contribution in [0.5, 0.6) is 0 Å². The summed E-state index contributed by atoms with van der Waals surface area (Å²) in [6.45, 7) is 0.860. The molecule has 7 nitrogen and oxygen atoms in total. The number of nitrogens with zero attached hydrogens (tertiary/aromatic N) is 3. The van der Waals surface area contributed by atoms with Crippen molar-refractivity contribution in [3.05, 3.63) is 58.1 Å². The van der Waals surface area contributed by atoms with Gasteiger partial charge < -0.3 is 20.0 Å². The Bertz CT molecular complexity index is 990. The zero-order chi connectivity index (χ0) is 20.7. The average molecular weight is 457 g/mol. The fraction of sp³-hybridized carbons (Fsp3) is 0.286. The maximum absolute atomic E-state index is 13.0. The van der Waals surface area contributed by atoms with Crippen LogP contribution in [-0.2, 0) is 4.79 Å². The van der Waals surface area contributed by atoms with Crippen molar-refractivity contribution < 1.29 is 14.4 Å². The van der Waals surface area contributed by atoms with Crippen LogP contribution in [0.1, 0.15) is 20.7 Å². The highest BCUT2D eigenvalue weighted by molar-refractivity contribution is 9.10. The van der Waals surface area contributed by atoms with E-state index in [1.807, 2.05) is 31.1 Å². The summed E-state index contributed by atoms with van der Waals surface area (Å²) in [4.78, 5) is 44.0. The summed E-state index contributed by atoms with van der Waals surface area (Å²) in [6.07, 6.45) is 0. The van der Waals surface area contributed by atoms with Crippen LogP contribution in [-0.4, -0.2) is 67.3 Å². The molecule has 2 aromatic carbocycles. The van der Waals surface area contributed by atoms with Crippen molar-refractivity contribution in [3.8, 4) is 0 Å². The number of carbonyl (C=O) groups excluding carboxylic acids is 3. The van der Waals surface area contributed by atoms with Gasteiger partial charge >= 0.3 is 0 Å². The number of hydrogen-bond acceptors (Lipinski definition) is 4. The van der Waals surface area contributed by atoms with Crippen LogP contribution in [0.3, 0.4) is 0 Å². The van der Waals surface area contributed by atoms with Gasteiger partial charge in [0.1, 0.15) is 6.04 Å². The average Bonchev–Trinajstić information content (AvgIpc) is 2.82. The first-order valence-corrected chi connectivity index (χ1v) is 10.1. The number of piperazine rings is 1. The molecular formula is C21H21BrN4O3. The lowest BCUT2D eigenvalue weighted by Crippen LogP contribution is -2.59. The normalized spacial score (nSPS) is 18.5. The first-order chi connectivity index (χ1) is 13.8. The van der Waals surface area contributed by atoms with Crippen molar-refractivity contribution in [2.45, 2.75) is 6.04 Å². The van der Waals surface area contributed by atoms with Crippen LogP contribution >= 0.6 is 15.9 Å². The molecule has 0 spiro atoms. The van der Waals surface area contributed by atoms with Gasteiger partial charge in [0.15, 0.2) is 0 Å². The van der Waals surface area contributed by atoms with Gasteiger partial charge in [0.25, 0.3) is 11.8 Å². The Labute approximate surface area is 177 Å². The van der Waals surface area contributed by atoms with Gasteiger partial charge in [-0.2, -0.15) is 0 Å². The summed E-state index contributed by atoms with van der Waals surface area (Å²) in [5.41, 5.74) is 2.52. The van der Waals surface area contributed by atoms with E-state index in [9.17, 15) is 14.4 Å². The van der Waals surface area contributed by atoms with Crippen molar-refractivity contribution in [1.29, 1.82) is 0 Å². The third-order valence-electron chi connectivity index (χ3n) is 5.33. The molecule has 0 aromatic heterocycles. The van der Waals surface area contributed by atoms with Gasteiger partial charge in [-0.15, -0.1) is 0 Å². The highest BCUT2D eigenvalue weighted by Gasteiger charge is 2.40. The molecule has 1 atom stereocenters. The summed E-state index contributed by atoms with van der Waals surface area (Å²) in [6, 6.07) is 11.8. The summed E-state index contributed by atoms with van der Waals surface area (Å²) < 4.78 is 0.771. The number of rotatable bonds is 2. The fourth-order valence-electron chi connectivity index (χ4n) is 3.69. The number of carbonyl (C=O) groups is 3. The van der Waals surface area contributed by atoms with Crippen LogP contribution in [0.2, 0.25) is 0 Å². The van der Waals surface area contributed by atoms with E-state index in [1.54, 1.807) is 40.1 Å². The Hall–Kier alpha value is -2.87. The van der Waals surface area contributed by atoms with Crippen molar-refractivity contribution in [2.75, 3.05) is 43.9 Å². The molecule has 1 saturated heterocycles. The van der Waals surface area contributed by atoms with Crippen LogP contribution in [0.25, 0.3) is 0 Å². The molecule has 2 heterocycles. The van der Waals surface area contributed by atoms with Gasteiger partial charge in [-0.25, -0.2) is 0 Å². The van der Waals surface area contributed by atoms with Crippen molar-refractivity contribution in [2.24, 2.45) is 0 Å². The van der Waals surface area contributed by atoms with E-state index >= 15 is 0 Å². The smallest absolute Gasteiger partial charge is 0.256 e. The topological polar surface area (TPSA) is 73.0 Å². The van der Waals surface area contributed by atoms with E-state index in [4.69, 9.17) is 0 Å². The van der Waals surface area contributed by atoms with Crippen LogP contribution in [0.4, 0.5) is 11.4 Å². The second-order valence-corrected chi connectivity index (χ2v) is 8.30. The SMILES string of the molecule is CN(C)c1ccc(C(=O)N2CCN3C(=O)c4cc(Br)ccc4NC(=O)[C@H]3C2)cc1. The van der Waals surface area contributed by atoms with E-state index in [-0.39, 0.29) is 24.3 Å². The molecule has 1 fully saturated rings. The Morgan fingerprint density at radius 2 is 1.83 bits per heavy atom. The largest absolute Gasteiger partial charge is 0.378 e. The minimum Gasteiger partial charge on any atom is -0.378 e. The highest BCUT2D eigenvalue weighted by atomic mass is 79.9. The van der Waals surface area contributed by atoms with Gasteiger partial charge in [-0.3, -0.25) is 14.4 Å². The summed E-state index contributed by atoms with van der Waals surface area (Å²) in [7, 11) is 3.88. The van der Waals surface area contributed by atoms with E-state index in [0.29, 0.717) is 29.9 Å². The Morgan fingerprint density at radius 3 is 2.52 bits per heavy atom. The van der Waals surface area contributed by atoms with Crippen molar-refractivity contribution >= 4 is 45.0 Å². The fourth-order valence-corrected chi connectivity index (χ4v) is 4.05. The Kier molecular flexibility index (Phi) is 5.04. The quantitative estimate of drug-likeness (QED) is 0.752. The van der Waals surface area contributed by atoms with Crippen LogP contribution in [0.15, 0.2) is 46.9 Å². The minimum absolute atomic E-state index is 0.139. The van der Waals surface area contributed by atoms with Gasteiger partial charge in [0.2, 0.25) is 5.91 Å². The molecule has 0 radical (unpaired) electrons. The van der Waals surface area contributed by atoms with E-state index in [1.165, 1.54) is 0 Å². The third-order valence-corrected chi connectivity index (χ3v) is 5.82. The second kappa shape index (κ2) is 7.51. The molecule has 2 aliphatic heterocycles. The molecule has 0 bridgehead atoms. The second-order valence-electron chi connectivity index (χ2n) is 7.39. The lowest BCUT2D eigenvalue weighted by molar-refractivity contribution is -0.121. The van der Waals surface area contributed by atoms with E-state index in [2.05, 4.69) is 21.2 Å². The number of hydrogen-bond donors (Lipinski definition) is 1. The third kappa shape index (κ3) is 3.60. The molecule has 0 unspecified atom stereocenters. The molecule has 8 heteroatoms. The zero-order valence-corrected chi connectivity index (χ0v) is 17.8.